The zero-order valence-corrected chi connectivity index (χ0v) is 9.70. The van der Waals surface area contributed by atoms with E-state index in [0.29, 0.717) is 22.5 Å². The minimum atomic E-state index is -0.480. The van der Waals surface area contributed by atoms with Crippen molar-refractivity contribution >= 4 is 17.1 Å². The number of hydrogen-bond acceptors (Lipinski definition) is 5. The minimum Gasteiger partial charge on any atom is -0.410 e. The molecule has 0 atom stereocenters. The number of fused-ring (bicyclic) bond motifs is 3. The molecule has 1 aliphatic carbocycles. The van der Waals surface area contributed by atoms with Crippen LogP contribution in [0.5, 0.6) is 0 Å². The summed E-state index contributed by atoms with van der Waals surface area (Å²) in [5, 5.41) is 23.2. The Hall–Kier alpha value is -2.89. The molecule has 0 amide bonds. The van der Waals surface area contributed by atoms with Crippen LogP contribution in [0.15, 0.2) is 41.6 Å². The van der Waals surface area contributed by atoms with Gasteiger partial charge in [0.1, 0.15) is 5.71 Å². The topological polar surface area (TPSA) is 102 Å². The highest BCUT2D eigenvalue weighted by Gasteiger charge is 2.27. The summed E-state index contributed by atoms with van der Waals surface area (Å²) in [5.74, 6) is 0. The lowest BCUT2D eigenvalue weighted by atomic mass is 10.1. The van der Waals surface area contributed by atoms with E-state index in [1.807, 2.05) is 6.07 Å². The molecule has 0 unspecified atom stereocenters. The van der Waals surface area contributed by atoms with Crippen molar-refractivity contribution in [2.45, 2.75) is 0 Å². The molecule has 0 spiro atoms. The fourth-order valence-electron chi connectivity index (χ4n) is 2.32. The highest BCUT2D eigenvalue weighted by molar-refractivity contribution is 6.24. The Morgan fingerprint density at radius 2 is 1.68 bits per heavy atom. The zero-order chi connectivity index (χ0) is 13.6. The lowest BCUT2D eigenvalue weighted by Gasteiger charge is -2.00. The van der Waals surface area contributed by atoms with Crippen molar-refractivity contribution < 1.29 is 10.1 Å². The zero-order valence-electron chi connectivity index (χ0n) is 9.70. The van der Waals surface area contributed by atoms with Crippen molar-refractivity contribution in [1.82, 2.24) is 0 Å². The summed E-state index contributed by atoms with van der Waals surface area (Å²) >= 11 is 0. The van der Waals surface area contributed by atoms with Gasteiger partial charge in [-0.15, -0.1) is 0 Å². The van der Waals surface area contributed by atoms with Gasteiger partial charge in [-0.05, 0) is 29.3 Å². The molecular weight excluding hydrogens is 246 g/mol. The SMILES string of the molecule is Nc1ccc2c(c1)/C(=N\O)c1cc([N+](=O)[O-])ccc1-2. The van der Waals surface area contributed by atoms with Crippen LogP contribution in [0.1, 0.15) is 11.1 Å². The third-order valence-corrected chi connectivity index (χ3v) is 3.16. The smallest absolute Gasteiger partial charge is 0.270 e. The molecule has 0 saturated heterocycles. The van der Waals surface area contributed by atoms with Crippen LogP contribution >= 0.6 is 0 Å². The van der Waals surface area contributed by atoms with E-state index in [2.05, 4.69) is 5.16 Å². The van der Waals surface area contributed by atoms with Gasteiger partial charge in [-0.25, -0.2) is 0 Å². The maximum Gasteiger partial charge on any atom is 0.270 e. The fourth-order valence-corrected chi connectivity index (χ4v) is 2.32. The second kappa shape index (κ2) is 3.81. The van der Waals surface area contributed by atoms with E-state index in [1.54, 1.807) is 18.2 Å². The van der Waals surface area contributed by atoms with E-state index in [1.165, 1.54) is 12.1 Å². The van der Waals surface area contributed by atoms with Crippen LogP contribution in [0.3, 0.4) is 0 Å². The number of hydrogen-bond donors (Lipinski definition) is 2. The lowest BCUT2D eigenvalue weighted by Crippen LogP contribution is -1.99. The number of nitrogens with zero attached hydrogens (tertiary/aromatic N) is 2. The number of non-ortho nitro benzene ring substituents is 1. The van der Waals surface area contributed by atoms with Crippen LogP contribution in [0.4, 0.5) is 11.4 Å². The van der Waals surface area contributed by atoms with Crippen molar-refractivity contribution in [2.24, 2.45) is 5.16 Å². The molecule has 3 N–H and O–H groups in total. The Morgan fingerprint density at radius 1 is 1.05 bits per heavy atom. The normalized spacial score (nSPS) is 14.2. The summed E-state index contributed by atoms with van der Waals surface area (Å²) in [5.41, 5.74) is 9.40. The van der Waals surface area contributed by atoms with Crippen LogP contribution < -0.4 is 5.73 Å². The van der Waals surface area contributed by atoms with Crippen LogP contribution in [0.2, 0.25) is 0 Å². The predicted molar refractivity (Wildman–Crippen MR) is 70.4 cm³/mol. The van der Waals surface area contributed by atoms with Gasteiger partial charge in [-0.3, -0.25) is 10.1 Å². The van der Waals surface area contributed by atoms with Gasteiger partial charge >= 0.3 is 0 Å². The third kappa shape index (κ3) is 1.54. The third-order valence-electron chi connectivity index (χ3n) is 3.16. The number of anilines is 1. The highest BCUT2D eigenvalue weighted by atomic mass is 16.6. The van der Waals surface area contributed by atoms with E-state index in [9.17, 15) is 10.1 Å². The Labute approximate surface area is 107 Å². The molecule has 3 rings (SSSR count). The van der Waals surface area contributed by atoms with Crippen molar-refractivity contribution in [3.63, 3.8) is 0 Å². The number of oxime groups is 1. The molecule has 0 fully saturated rings. The number of benzene rings is 2. The first-order valence-corrected chi connectivity index (χ1v) is 5.53. The van der Waals surface area contributed by atoms with Crippen LogP contribution in [0, 0.1) is 10.1 Å². The van der Waals surface area contributed by atoms with Gasteiger partial charge in [-0.1, -0.05) is 11.2 Å². The van der Waals surface area contributed by atoms with Crippen molar-refractivity contribution in [2.75, 3.05) is 5.73 Å². The summed E-state index contributed by atoms with van der Waals surface area (Å²) in [6.07, 6.45) is 0. The average Bonchev–Trinajstić information content (AvgIpc) is 2.70. The second-order valence-corrected chi connectivity index (χ2v) is 4.24. The number of rotatable bonds is 1. The molecule has 6 heteroatoms. The molecule has 19 heavy (non-hydrogen) atoms. The molecule has 2 aromatic carbocycles. The van der Waals surface area contributed by atoms with Gasteiger partial charge in [0.2, 0.25) is 0 Å². The van der Waals surface area contributed by atoms with Crippen molar-refractivity contribution in [1.29, 1.82) is 0 Å². The first kappa shape index (κ1) is 11.2. The number of nitro groups is 1. The Balaban J connectivity index is 2.30. The number of nitrogen functional groups attached to an aromatic ring is 1. The van der Waals surface area contributed by atoms with E-state index >= 15 is 0 Å². The maximum absolute atomic E-state index is 10.8. The fraction of sp³-hybridized carbons (Fsp3) is 0. The molecule has 0 bridgehead atoms. The molecule has 0 aromatic heterocycles. The molecule has 0 radical (unpaired) electrons. The van der Waals surface area contributed by atoms with Gasteiger partial charge < -0.3 is 10.9 Å². The van der Waals surface area contributed by atoms with E-state index in [4.69, 9.17) is 10.9 Å². The van der Waals surface area contributed by atoms with Gasteiger partial charge in [0, 0.05) is 28.9 Å². The summed E-state index contributed by atoms with van der Waals surface area (Å²) in [4.78, 5) is 10.3. The molecule has 0 heterocycles. The van der Waals surface area contributed by atoms with Gasteiger partial charge in [0.05, 0.1) is 4.92 Å². The molecule has 0 saturated carbocycles. The summed E-state index contributed by atoms with van der Waals surface area (Å²) in [6, 6.07) is 9.73. The quantitative estimate of drug-likeness (QED) is 0.301. The summed E-state index contributed by atoms with van der Waals surface area (Å²) in [7, 11) is 0. The highest BCUT2D eigenvalue weighted by Crippen LogP contribution is 2.39. The number of nitro benzene ring substituents is 1. The van der Waals surface area contributed by atoms with Crippen LogP contribution in [-0.2, 0) is 0 Å². The average molecular weight is 255 g/mol. The molecular formula is C13H9N3O3. The lowest BCUT2D eigenvalue weighted by molar-refractivity contribution is -0.384. The summed E-state index contributed by atoms with van der Waals surface area (Å²) < 4.78 is 0. The van der Waals surface area contributed by atoms with Gasteiger partial charge in [0.15, 0.2) is 0 Å². The maximum atomic E-state index is 10.8. The van der Waals surface area contributed by atoms with E-state index in [-0.39, 0.29) is 5.69 Å². The molecule has 1 aliphatic rings. The van der Waals surface area contributed by atoms with Crippen LogP contribution in [0.25, 0.3) is 11.1 Å². The summed E-state index contributed by atoms with van der Waals surface area (Å²) in [6.45, 7) is 0. The van der Waals surface area contributed by atoms with Crippen molar-refractivity contribution in [3.05, 3.63) is 57.6 Å². The standard InChI is InChI=1S/C13H9N3O3/c14-7-1-3-9-10-4-2-8(16(18)19)6-12(10)13(15-17)11(9)5-7/h1-6,17H,14H2/b15-13+. The van der Waals surface area contributed by atoms with E-state index in [0.717, 1.165) is 11.1 Å². The Morgan fingerprint density at radius 3 is 2.32 bits per heavy atom. The Bertz CT molecular complexity index is 738. The second-order valence-electron chi connectivity index (χ2n) is 4.24. The minimum absolute atomic E-state index is 0.0410. The molecule has 2 aromatic rings. The predicted octanol–water partition coefficient (Wildman–Crippen LogP) is 2.38. The van der Waals surface area contributed by atoms with Crippen LogP contribution in [-0.4, -0.2) is 15.8 Å². The van der Waals surface area contributed by atoms with E-state index < -0.39 is 4.92 Å². The number of nitrogens with two attached hydrogens (primary N) is 1. The monoisotopic (exact) mass is 255 g/mol. The molecule has 0 aliphatic heterocycles. The van der Waals surface area contributed by atoms with Gasteiger partial charge in [0.25, 0.3) is 5.69 Å². The first-order valence-electron chi connectivity index (χ1n) is 5.53. The van der Waals surface area contributed by atoms with Crippen molar-refractivity contribution in [3.8, 4) is 11.1 Å². The molecule has 6 nitrogen and oxygen atoms in total. The van der Waals surface area contributed by atoms with Gasteiger partial charge in [-0.2, -0.15) is 0 Å². The first-order chi connectivity index (χ1) is 9.11. The largest absolute Gasteiger partial charge is 0.410 e. The molecule has 94 valence electrons. The Kier molecular flexibility index (Phi) is 2.25.